The highest BCUT2D eigenvalue weighted by Crippen LogP contribution is 2.20. The lowest BCUT2D eigenvalue weighted by atomic mass is 10.0. The second-order valence-electron chi connectivity index (χ2n) is 4.69. The van der Waals surface area contributed by atoms with Gasteiger partial charge in [0.1, 0.15) is 11.5 Å². The molecular weight excluding hydrogens is 226 g/mol. The summed E-state index contributed by atoms with van der Waals surface area (Å²) in [5.41, 5.74) is 0. The molecule has 1 heterocycles. The summed E-state index contributed by atoms with van der Waals surface area (Å²) in [5.74, 6) is 1.78. The third-order valence-corrected chi connectivity index (χ3v) is 3.26. The highest BCUT2D eigenvalue weighted by atomic mass is 16.5. The largest absolute Gasteiger partial charge is 0.494 e. The molecule has 1 aliphatic heterocycles. The van der Waals surface area contributed by atoms with Crippen molar-refractivity contribution in [1.82, 2.24) is 5.32 Å². The maximum atomic E-state index is 5.78. The van der Waals surface area contributed by atoms with Crippen molar-refractivity contribution in [1.29, 1.82) is 0 Å². The predicted molar refractivity (Wildman–Crippen MR) is 73.4 cm³/mol. The Balaban J connectivity index is 1.73. The van der Waals surface area contributed by atoms with Gasteiger partial charge in [0.15, 0.2) is 0 Å². The molecule has 1 aromatic carbocycles. The molecule has 0 unspecified atom stereocenters. The fraction of sp³-hybridized carbons (Fsp3) is 0.600. The molecule has 0 aromatic heterocycles. The Morgan fingerprint density at radius 2 is 2.06 bits per heavy atom. The van der Waals surface area contributed by atoms with Gasteiger partial charge in [-0.15, -0.1) is 0 Å². The average Bonchev–Trinajstić information content (AvgIpc) is 2.41. The first-order chi connectivity index (χ1) is 8.88. The van der Waals surface area contributed by atoms with Gasteiger partial charge in [0.25, 0.3) is 0 Å². The van der Waals surface area contributed by atoms with Crippen LogP contribution < -0.4 is 14.8 Å². The lowest BCUT2D eigenvalue weighted by Crippen LogP contribution is -2.35. The van der Waals surface area contributed by atoms with E-state index in [2.05, 4.69) is 5.32 Å². The number of hydrogen-bond acceptors (Lipinski definition) is 3. The fourth-order valence-electron chi connectivity index (χ4n) is 2.31. The lowest BCUT2D eigenvalue weighted by molar-refractivity contribution is 0.266. The molecule has 0 radical (unpaired) electrons. The molecule has 18 heavy (non-hydrogen) atoms. The minimum absolute atomic E-state index is 0.633. The molecular formula is C15H23NO2. The highest BCUT2D eigenvalue weighted by molar-refractivity contribution is 5.32. The van der Waals surface area contributed by atoms with Crippen LogP contribution in [0, 0.1) is 0 Å². The normalized spacial score (nSPS) is 19.5. The van der Waals surface area contributed by atoms with Crippen LogP contribution in [0.25, 0.3) is 0 Å². The van der Waals surface area contributed by atoms with Crippen LogP contribution in [0.3, 0.4) is 0 Å². The first-order valence-corrected chi connectivity index (χ1v) is 6.97. The number of ether oxygens (including phenoxy) is 2. The molecule has 0 saturated carbocycles. The maximum absolute atomic E-state index is 5.78. The van der Waals surface area contributed by atoms with E-state index in [1.54, 1.807) is 0 Å². The molecule has 3 nitrogen and oxygen atoms in total. The molecule has 1 aliphatic rings. The van der Waals surface area contributed by atoms with Gasteiger partial charge in [-0.05, 0) is 44.9 Å². The fourth-order valence-corrected chi connectivity index (χ4v) is 2.31. The molecule has 1 saturated heterocycles. The van der Waals surface area contributed by atoms with E-state index < -0.39 is 0 Å². The third kappa shape index (κ3) is 4.22. The maximum Gasteiger partial charge on any atom is 0.122 e. The summed E-state index contributed by atoms with van der Waals surface area (Å²) in [4.78, 5) is 0. The van der Waals surface area contributed by atoms with Gasteiger partial charge in [-0.25, -0.2) is 0 Å². The molecule has 2 rings (SSSR count). The zero-order valence-electron chi connectivity index (χ0n) is 11.2. The molecule has 1 aromatic rings. The van der Waals surface area contributed by atoms with Gasteiger partial charge in [0.2, 0.25) is 0 Å². The Bertz CT molecular complexity index is 348. The van der Waals surface area contributed by atoms with E-state index in [0.29, 0.717) is 12.6 Å². The topological polar surface area (TPSA) is 30.5 Å². The first-order valence-electron chi connectivity index (χ1n) is 6.97. The molecule has 0 spiro atoms. The van der Waals surface area contributed by atoms with Crippen molar-refractivity contribution in [2.75, 3.05) is 19.8 Å². The zero-order chi connectivity index (χ0) is 12.6. The molecule has 1 atom stereocenters. The van der Waals surface area contributed by atoms with Crippen LogP contribution in [-0.2, 0) is 0 Å². The molecule has 0 aliphatic carbocycles. The summed E-state index contributed by atoms with van der Waals surface area (Å²) in [6.07, 6.45) is 5.02. The Labute approximate surface area is 109 Å². The smallest absolute Gasteiger partial charge is 0.122 e. The minimum atomic E-state index is 0.633. The molecule has 0 amide bonds. The Morgan fingerprint density at radius 3 is 2.78 bits per heavy atom. The Morgan fingerprint density at radius 1 is 1.22 bits per heavy atom. The zero-order valence-corrected chi connectivity index (χ0v) is 11.2. The number of hydrogen-bond donors (Lipinski definition) is 1. The minimum Gasteiger partial charge on any atom is -0.494 e. The second-order valence-corrected chi connectivity index (χ2v) is 4.69. The molecule has 0 bridgehead atoms. The number of rotatable bonds is 6. The summed E-state index contributed by atoms with van der Waals surface area (Å²) in [6.45, 7) is 4.61. The van der Waals surface area contributed by atoms with Gasteiger partial charge in [-0.1, -0.05) is 12.5 Å². The van der Waals surface area contributed by atoms with Gasteiger partial charge in [0, 0.05) is 12.1 Å². The summed E-state index contributed by atoms with van der Waals surface area (Å²) in [7, 11) is 0. The van der Waals surface area contributed by atoms with Crippen molar-refractivity contribution < 1.29 is 9.47 Å². The van der Waals surface area contributed by atoms with Crippen LogP contribution in [0.1, 0.15) is 32.6 Å². The van der Waals surface area contributed by atoms with Crippen molar-refractivity contribution >= 4 is 0 Å². The van der Waals surface area contributed by atoms with Crippen LogP contribution in [0.15, 0.2) is 24.3 Å². The molecule has 1 fully saturated rings. The average molecular weight is 249 g/mol. The standard InChI is InChI=1S/C15H23NO2/c1-2-17-14-7-5-8-15(12-14)18-11-9-13-6-3-4-10-16-13/h5,7-8,12-13,16H,2-4,6,9-11H2,1H3/t13-/m0/s1. The SMILES string of the molecule is CCOc1cccc(OCC[C@@H]2CCCCN2)c1. The van der Waals surface area contributed by atoms with E-state index >= 15 is 0 Å². The van der Waals surface area contributed by atoms with Gasteiger partial charge in [0.05, 0.1) is 13.2 Å². The quantitative estimate of drug-likeness (QED) is 0.840. The highest BCUT2D eigenvalue weighted by Gasteiger charge is 2.12. The first kappa shape index (κ1) is 13.2. The van der Waals surface area contributed by atoms with Crippen molar-refractivity contribution in [2.45, 2.75) is 38.6 Å². The molecule has 100 valence electrons. The van der Waals surface area contributed by atoms with E-state index in [-0.39, 0.29) is 0 Å². The van der Waals surface area contributed by atoms with Crippen molar-refractivity contribution in [3.8, 4) is 11.5 Å². The summed E-state index contributed by atoms with van der Waals surface area (Å²) in [6, 6.07) is 8.50. The molecule has 1 N–H and O–H groups in total. The van der Waals surface area contributed by atoms with Crippen LogP contribution >= 0.6 is 0 Å². The van der Waals surface area contributed by atoms with E-state index in [9.17, 15) is 0 Å². The van der Waals surface area contributed by atoms with Gasteiger partial charge in [-0.2, -0.15) is 0 Å². The lowest BCUT2D eigenvalue weighted by Gasteiger charge is -2.23. The van der Waals surface area contributed by atoms with E-state index in [1.165, 1.54) is 19.3 Å². The van der Waals surface area contributed by atoms with Gasteiger partial charge in [-0.3, -0.25) is 0 Å². The van der Waals surface area contributed by atoms with E-state index in [0.717, 1.165) is 31.1 Å². The van der Waals surface area contributed by atoms with Gasteiger partial charge < -0.3 is 14.8 Å². The van der Waals surface area contributed by atoms with Crippen LogP contribution in [0.2, 0.25) is 0 Å². The predicted octanol–water partition coefficient (Wildman–Crippen LogP) is 3.00. The monoisotopic (exact) mass is 249 g/mol. The van der Waals surface area contributed by atoms with Gasteiger partial charge >= 0.3 is 0 Å². The van der Waals surface area contributed by atoms with Crippen molar-refractivity contribution in [3.63, 3.8) is 0 Å². The van der Waals surface area contributed by atoms with E-state index in [1.807, 2.05) is 31.2 Å². The summed E-state index contributed by atoms with van der Waals surface area (Å²) < 4.78 is 11.2. The molecule has 3 heteroatoms. The van der Waals surface area contributed by atoms with Crippen molar-refractivity contribution in [3.05, 3.63) is 24.3 Å². The van der Waals surface area contributed by atoms with Crippen LogP contribution in [0.4, 0.5) is 0 Å². The van der Waals surface area contributed by atoms with Crippen LogP contribution in [-0.4, -0.2) is 25.8 Å². The summed E-state index contributed by atoms with van der Waals surface area (Å²) in [5, 5.41) is 3.53. The van der Waals surface area contributed by atoms with Crippen LogP contribution in [0.5, 0.6) is 11.5 Å². The number of benzene rings is 1. The Kier molecular flexibility index (Phi) is 5.34. The third-order valence-electron chi connectivity index (χ3n) is 3.26. The number of piperidine rings is 1. The Hall–Kier alpha value is -1.22. The second kappa shape index (κ2) is 7.27. The van der Waals surface area contributed by atoms with E-state index in [4.69, 9.17) is 9.47 Å². The van der Waals surface area contributed by atoms with Crippen molar-refractivity contribution in [2.24, 2.45) is 0 Å². The summed E-state index contributed by atoms with van der Waals surface area (Å²) >= 11 is 0. The number of nitrogens with one attached hydrogen (secondary N) is 1.